The maximum Gasteiger partial charge on any atom is 0.237 e. The van der Waals surface area contributed by atoms with E-state index in [4.69, 9.17) is 4.74 Å². The first kappa shape index (κ1) is 16.1. The summed E-state index contributed by atoms with van der Waals surface area (Å²) in [6.45, 7) is 12.5. The number of carbonyl (C=O) groups is 1. The average Bonchev–Trinajstić information content (AvgIpc) is 2.29. The van der Waals surface area contributed by atoms with Crippen LogP contribution in [-0.4, -0.2) is 38.3 Å². The van der Waals surface area contributed by atoms with Gasteiger partial charge in [-0.2, -0.15) is 0 Å². The summed E-state index contributed by atoms with van der Waals surface area (Å²) in [4.78, 5) is 11.5. The van der Waals surface area contributed by atoms with E-state index >= 15 is 0 Å². The molecule has 0 aromatic rings. The fraction of sp³-hybridized carbons (Fsp3) is 0.769. The van der Waals surface area contributed by atoms with Crippen molar-refractivity contribution in [1.29, 1.82) is 0 Å². The van der Waals surface area contributed by atoms with Gasteiger partial charge >= 0.3 is 0 Å². The van der Waals surface area contributed by atoms with Crippen molar-refractivity contribution >= 4 is 5.91 Å². The van der Waals surface area contributed by atoms with Gasteiger partial charge in [0.25, 0.3) is 0 Å². The van der Waals surface area contributed by atoms with Crippen molar-refractivity contribution in [1.82, 2.24) is 10.6 Å². The molecule has 2 N–H and O–H groups in total. The maximum absolute atomic E-state index is 11.5. The first-order valence-electron chi connectivity index (χ1n) is 6.27. The third kappa shape index (κ3) is 10.0. The molecule has 0 spiro atoms. The number of hydrogen-bond acceptors (Lipinski definition) is 3. The molecule has 0 radical (unpaired) electrons. The second-order valence-electron chi connectivity index (χ2n) is 4.53. The minimum atomic E-state index is -0.167. The minimum absolute atomic E-state index is 0.00741. The van der Waals surface area contributed by atoms with Gasteiger partial charge in [-0.3, -0.25) is 4.79 Å². The lowest BCUT2D eigenvalue weighted by atomic mass is 10.2. The molecule has 100 valence electrons. The number of ether oxygens (including phenoxy) is 1. The van der Waals surface area contributed by atoms with Gasteiger partial charge in [-0.15, -0.1) is 6.58 Å². The predicted octanol–water partition coefficient (Wildman–Crippen LogP) is 1.33. The van der Waals surface area contributed by atoms with Crippen LogP contribution in [0.25, 0.3) is 0 Å². The van der Waals surface area contributed by atoms with Crippen molar-refractivity contribution in [2.75, 3.05) is 26.3 Å². The summed E-state index contributed by atoms with van der Waals surface area (Å²) in [5.41, 5.74) is 0. The highest BCUT2D eigenvalue weighted by molar-refractivity contribution is 5.81. The molecular weight excluding hydrogens is 216 g/mol. The summed E-state index contributed by atoms with van der Waals surface area (Å²) in [6.07, 6.45) is 2.59. The van der Waals surface area contributed by atoms with Crippen molar-refractivity contribution in [2.45, 2.75) is 33.2 Å². The van der Waals surface area contributed by atoms with Gasteiger partial charge in [-0.25, -0.2) is 0 Å². The average molecular weight is 242 g/mol. The third-order valence-corrected chi connectivity index (χ3v) is 2.18. The van der Waals surface area contributed by atoms with Crippen molar-refractivity contribution < 1.29 is 9.53 Å². The molecule has 4 nitrogen and oxygen atoms in total. The zero-order valence-corrected chi connectivity index (χ0v) is 11.3. The topological polar surface area (TPSA) is 50.4 Å². The van der Waals surface area contributed by atoms with Gasteiger partial charge in [-0.05, 0) is 25.8 Å². The molecule has 0 aromatic heterocycles. The van der Waals surface area contributed by atoms with Crippen LogP contribution in [0.2, 0.25) is 0 Å². The normalized spacial score (nSPS) is 12.5. The predicted molar refractivity (Wildman–Crippen MR) is 70.9 cm³/mol. The summed E-state index contributed by atoms with van der Waals surface area (Å²) >= 11 is 0. The van der Waals surface area contributed by atoms with E-state index in [1.54, 1.807) is 6.08 Å². The molecule has 17 heavy (non-hydrogen) atoms. The fourth-order valence-corrected chi connectivity index (χ4v) is 1.23. The van der Waals surface area contributed by atoms with Crippen LogP contribution < -0.4 is 10.6 Å². The van der Waals surface area contributed by atoms with Crippen molar-refractivity contribution in [3.63, 3.8) is 0 Å². The minimum Gasteiger partial charge on any atom is -0.381 e. The molecule has 1 unspecified atom stereocenters. The van der Waals surface area contributed by atoms with Crippen LogP contribution in [-0.2, 0) is 9.53 Å². The maximum atomic E-state index is 11.5. The Kier molecular flexibility index (Phi) is 9.77. The molecule has 0 aliphatic rings. The lowest BCUT2D eigenvalue weighted by Gasteiger charge is -2.13. The number of rotatable bonds is 10. The Morgan fingerprint density at radius 2 is 2.12 bits per heavy atom. The van der Waals surface area contributed by atoms with Gasteiger partial charge in [0.05, 0.1) is 6.04 Å². The number of hydrogen-bond donors (Lipinski definition) is 2. The summed E-state index contributed by atoms with van der Waals surface area (Å²) in [5.74, 6) is 0.583. The van der Waals surface area contributed by atoms with Gasteiger partial charge in [0.2, 0.25) is 5.91 Å². The largest absolute Gasteiger partial charge is 0.381 e. The Balaban J connectivity index is 3.41. The van der Waals surface area contributed by atoms with Crippen LogP contribution in [0.3, 0.4) is 0 Å². The van der Waals surface area contributed by atoms with Crippen molar-refractivity contribution in [3.8, 4) is 0 Å². The lowest BCUT2D eigenvalue weighted by molar-refractivity contribution is -0.122. The van der Waals surface area contributed by atoms with Gasteiger partial charge in [0.1, 0.15) is 0 Å². The van der Waals surface area contributed by atoms with E-state index in [0.717, 1.165) is 26.2 Å². The van der Waals surface area contributed by atoms with Crippen LogP contribution in [0.15, 0.2) is 12.7 Å². The Hall–Kier alpha value is -0.870. The van der Waals surface area contributed by atoms with Crippen LogP contribution in [0, 0.1) is 5.92 Å². The first-order valence-corrected chi connectivity index (χ1v) is 6.27. The highest BCUT2D eigenvalue weighted by Crippen LogP contribution is 1.93. The lowest BCUT2D eigenvalue weighted by Crippen LogP contribution is -2.42. The van der Waals surface area contributed by atoms with Crippen molar-refractivity contribution in [2.24, 2.45) is 5.92 Å². The van der Waals surface area contributed by atoms with Gasteiger partial charge in [0.15, 0.2) is 0 Å². The van der Waals surface area contributed by atoms with Gasteiger partial charge < -0.3 is 15.4 Å². The summed E-state index contributed by atoms with van der Waals surface area (Å²) < 4.78 is 5.45. The summed E-state index contributed by atoms with van der Waals surface area (Å²) in [6, 6.07) is -0.167. The Morgan fingerprint density at radius 1 is 1.41 bits per heavy atom. The van der Waals surface area contributed by atoms with Gasteiger partial charge in [-0.1, -0.05) is 19.9 Å². The van der Waals surface area contributed by atoms with E-state index in [1.165, 1.54) is 0 Å². The second-order valence-corrected chi connectivity index (χ2v) is 4.53. The highest BCUT2D eigenvalue weighted by Gasteiger charge is 2.09. The van der Waals surface area contributed by atoms with E-state index in [0.29, 0.717) is 12.5 Å². The molecule has 0 saturated heterocycles. The molecule has 0 aliphatic heterocycles. The van der Waals surface area contributed by atoms with E-state index in [-0.39, 0.29) is 11.9 Å². The molecule has 0 saturated carbocycles. The molecule has 0 heterocycles. The zero-order valence-electron chi connectivity index (χ0n) is 11.3. The third-order valence-electron chi connectivity index (χ3n) is 2.18. The van der Waals surface area contributed by atoms with E-state index in [9.17, 15) is 4.79 Å². The van der Waals surface area contributed by atoms with Crippen molar-refractivity contribution in [3.05, 3.63) is 12.7 Å². The Morgan fingerprint density at radius 3 is 2.71 bits per heavy atom. The van der Waals surface area contributed by atoms with E-state index in [2.05, 4.69) is 31.1 Å². The molecule has 0 aliphatic carbocycles. The highest BCUT2D eigenvalue weighted by atomic mass is 16.5. The molecule has 1 amide bonds. The van der Waals surface area contributed by atoms with E-state index in [1.807, 2.05) is 6.92 Å². The molecule has 0 fully saturated rings. The summed E-state index contributed by atoms with van der Waals surface area (Å²) in [7, 11) is 0. The summed E-state index contributed by atoms with van der Waals surface area (Å²) in [5, 5.41) is 5.90. The molecule has 0 rings (SSSR count). The monoisotopic (exact) mass is 242 g/mol. The fourth-order valence-electron chi connectivity index (χ4n) is 1.23. The number of carbonyl (C=O) groups excluding carboxylic acids is 1. The quantitative estimate of drug-likeness (QED) is 0.449. The van der Waals surface area contributed by atoms with Gasteiger partial charge in [0, 0.05) is 19.8 Å². The standard InChI is InChI=1S/C13H26N2O2/c1-5-7-15-13(16)12(4)14-8-6-9-17-10-11(2)3/h5,11-12,14H,1,6-10H2,2-4H3,(H,15,16). The molecular formula is C13H26N2O2. The Bertz CT molecular complexity index is 217. The zero-order chi connectivity index (χ0) is 13.1. The number of nitrogens with one attached hydrogen (secondary N) is 2. The van der Waals surface area contributed by atoms with E-state index < -0.39 is 0 Å². The van der Waals surface area contributed by atoms with Crippen LogP contribution in [0.1, 0.15) is 27.2 Å². The molecule has 1 atom stereocenters. The van der Waals surface area contributed by atoms with Crippen LogP contribution in [0.5, 0.6) is 0 Å². The SMILES string of the molecule is C=CCNC(=O)C(C)NCCCOCC(C)C. The van der Waals surface area contributed by atoms with Crippen LogP contribution in [0.4, 0.5) is 0 Å². The number of amides is 1. The molecule has 0 aromatic carbocycles. The second kappa shape index (κ2) is 10.3. The molecule has 0 bridgehead atoms. The Labute approximate surface area is 105 Å². The molecule has 4 heteroatoms. The van der Waals surface area contributed by atoms with Crippen LogP contribution >= 0.6 is 0 Å². The smallest absolute Gasteiger partial charge is 0.237 e. The first-order chi connectivity index (χ1) is 8.07.